The van der Waals surface area contributed by atoms with Crippen LogP contribution in [-0.2, 0) is 11.3 Å². The van der Waals surface area contributed by atoms with Crippen molar-refractivity contribution in [3.63, 3.8) is 0 Å². The van der Waals surface area contributed by atoms with Crippen LogP contribution in [-0.4, -0.2) is 40.4 Å². The molecule has 0 aliphatic rings. The SMILES string of the molecule is CNC(=O)COc1ccc(CNC(=O)c2ncnc3c(NSc4ccccc4N)c[nH]c23)cc1. The second-order valence-electron chi connectivity index (χ2n) is 7.18. The molecule has 2 aromatic heterocycles. The summed E-state index contributed by atoms with van der Waals surface area (Å²) in [4.78, 5) is 36.5. The van der Waals surface area contributed by atoms with Crippen molar-refractivity contribution in [3.05, 3.63) is 72.3 Å². The van der Waals surface area contributed by atoms with Crippen molar-refractivity contribution >= 4 is 46.2 Å². The van der Waals surface area contributed by atoms with Crippen LogP contribution < -0.4 is 25.8 Å². The van der Waals surface area contributed by atoms with Gasteiger partial charge in [0.1, 0.15) is 17.6 Å². The second-order valence-corrected chi connectivity index (χ2v) is 8.03. The summed E-state index contributed by atoms with van der Waals surface area (Å²) >= 11 is 1.36. The van der Waals surface area contributed by atoms with Crippen LogP contribution in [0.25, 0.3) is 11.0 Å². The van der Waals surface area contributed by atoms with Gasteiger partial charge in [-0.3, -0.25) is 9.59 Å². The number of likely N-dealkylation sites (N-methyl/N-ethyl adjacent to an activating group) is 1. The van der Waals surface area contributed by atoms with Gasteiger partial charge in [-0.2, -0.15) is 0 Å². The van der Waals surface area contributed by atoms with Gasteiger partial charge in [-0.05, 0) is 41.8 Å². The standard InChI is InChI=1S/C23H23N7O3S/c1-25-19(31)12-33-15-8-6-14(7-9-15)10-27-23(32)22-21-20(28-13-29-22)17(11-26-21)30-34-18-5-3-2-4-16(18)24/h2-9,11,13,26,30H,10,12,24H2,1H3,(H,25,31)(H,27,32). The molecule has 0 unspecified atom stereocenters. The fraction of sp³-hybridized carbons (Fsp3) is 0.130. The summed E-state index contributed by atoms with van der Waals surface area (Å²) in [6.45, 7) is 0.246. The minimum absolute atomic E-state index is 0.0550. The molecule has 0 aliphatic heterocycles. The molecular weight excluding hydrogens is 454 g/mol. The number of H-pyrrole nitrogens is 1. The molecule has 4 aromatic rings. The first-order valence-electron chi connectivity index (χ1n) is 10.3. The molecular formula is C23H23N7O3S. The molecule has 0 atom stereocenters. The predicted molar refractivity (Wildman–Crippen MR) is 131 cm³/mol. The number of benzene rings is 2. The number of hydrogen-bond acceptors (Lipinski definition) is 8. The number of fused-ring (bicyclic) bond motifs is 1. The average Bonchev–Trinajstić information content (AvgIpc) is 3.29. The number of aromatic amines is 1. The van der Waals surface area contributed by atoms with E-state index >= 15 is 0 Å². The minimum Gasteiger partial charge on any atom is -0.484 e. The second kappa shape index (κ2) is 10.6. The molecule has 0 bridgehead atoms. The number of nitrogens with zero attached hydrogens (tertiary/aromatic N) is 2. The Bertz CT molecular complexity index is 1310. The third kappa shape index (κ3) is 5.38. The quantitative estimate of drug-likeness (QED) is 0.183. The van der Waals surface area contributed by atoms with Crippen LogP contribution in [0.15, 0.2) is 66.0 Å². The van der Waals surface area contributed by atoms with E-state index in [-0.39, 0.29) is 24.1 Å². The van der Waals surface area contributed by atoms with Gasteiger partial charge in [0, 0.05) is 25.5 Å². The Hall–Kier alpha value is -4.25. The van der Waals surface area contributed by atoms with E-state index < -0.39 is 0 Å². The number of hydrogen-bond donors (Lipinski definition) is 5. The van der Waals surface area contributed by atoms with Gasteiger partial charge < -0.3 is 30.8 Å². The van der Waals surface area contributed by atoms with E-state index in [2.05, 4.69) is 30.3 Å². The molecule has 0 saturated carbocycles. The summed E-state index contributed by atoms with van der Waals surface area (Å²) in [5, 5.41) is 5.36. The summed E-state index contributed by atoms with van der Waals surface area (Å²) in [5.41, 5.74) is 9.61. The Kier molecular flexibility index (Phi) is 7.13. The van der Waals surface area contributed by atoms with E-state index in [1.54, 1.807) is 25.4 Å². The molecule has 0 fully saturated rings. The Morgan fingerprint density at radius 2 is 1.91 bits per heavy atom. The highest BCUT2D eigenvalue weighted by Crippen LogP contribution is 2.30. The van der Waals surface area contributed by atoms with E-state index in [1.165, 1.54) is 18.3 Å². The maximum Gasteiger partial charge on any atom is 0.272 e. The molecule has 2 heterocycles. The lowest BCUT2D eigenvalue weighted by molar-refractivity contribution is -0.122. The number of nitrogens with two attached hydrogens (primary N) is 1. The third-order valence-electron chi connectivity index (χ3n) is 4.89. The summed E-state index contributed by atoms with van der Waals surface area (Å²) < 4.78 is 8.60. The van der Waals surface area contributed by atoms with Crippen molar-refractivity contribution in [1.29, 1.82) is 0 Å². The highest BCUT2D eigenvalue weighted by molar-refractivity contribution is 8.00. The third-order valence-corrected chi connectivity index (χ3v) is 5.81. The first kappa shape index (κ1) is 22.9. The topological polar surface area (TPSA) is 147 Å². The first-order chi connectivity index (χ1) is 16.5. The number of ether oxygens (including phenoxy) is 1. The van der Waals surface area contributed by atoms with Gasteiger partial charge in [0.15, 0.2) is 12.3 Å². The summed E-state index contributed by atoms with van der Waals surface area (Å²) in [5.74, 6) is 0.0244. The molecule has 174 valence electrons. The van der Waals surface area contributed by atoms with Crippen LogP contribution in [0.3, 0.4) is 0 Å². The van der Waals surface area contributed by atoms with Gasteiger partial charge in [-0.15, -0.1) is 0 Å². The number of anilines is 2. The average molecular weight is 478 g/mol. The summed E-state index contributed by atoms with van der Waals surface area (Å²) in [6.07, 6.45) is 3.09. The monoisotopic (exact) mass is 477 g/mol. The number of para-hydroxylation sites is 1. The van der Waals surface area contributed by atoms with E-state index in [0.29, 0.717) is 34.7 Å². The highest BCUT2D eigenvalue weighted by atomic mass is 32.2. The molecule has 0 aliphatic carbocycles. The smallest absolute Gasteiger partial charge is 0.272 e. The number of carbonyl (C=O) groups excluding carboxylic acids is 2. The normalized spacial score (nSPS) is 10.6. The van der Waals surface area contributed by atoms with Crippen LogP contribution >= 0.6 is 11.9 Å². The van der Waals surface area contributed by atoms with Gasteiger partial charge >= 0.3 is 0 Å². The van der Waals surface area contributed by atoms with E-state index in [1.807, 2.05) is 36.4 Å². The molecule has 10 nitrogen and oxygen atoms in total. The largest absolute Gasteiger partial charge is 0.484 e. The zero-order valence-electron chi connectivity index (χ0n) is 18.3. The van der Waals surface area contributed by atoms with Gasteiger partial charge in [0.2, 0.25) is 0 Å². The summed E-state index contributed by atoms with van der Waals surface area (Å²) in [7, 11) is 1.55. The van der Waals surface area contributed by atoms with Gasteiger partial charge in [0.05, 0.1) is 16.1 Å². The first-order valence-corrected chi connectivity index (χ1v) is 11.2. The molecule has 2 amide bonds. The van der Waals surface area contributed by atoms with Crippen LogP contribution in [0.5, 0.6) is 5.75 Å². The fourth-order valence-electron chi connectivity index (χ4n) is 3.06. The Morgan fingerprint density at radius 3 is 2.68 bits per heavy atom. The number of nitrogen functional groups attached to an aromatic ring is 1. The van der Waals surface area contributed by atoms with Crippen LogP contribution in [0.4, 0.5) is 11.4 Å². The van der Waals surface area contributed by atoms with Crippen LogP contribution in [0.1, 0.15) is 16.1 Å². The van der Waals surface area contributed by atoms with E-state index in [4.69, 9.17) is 10.5 Å². The molecule has 0 radical (unpaired) electrons. The molecule has 2 aromatic carbocycles. The molecule has 6 N–H and O–H groups in total. The van der Waals surface area contributed by atoms with E-state index in [0.717, 1.165) is 10.5 Å². The fourth-order valence-corrected chi connectivity index (χ4v) is 3.77. The minimum atomic E-state index is -0.333. The van der Waals surface area contributed by atoms with E-state index in [9.17, 15) is 9.59 Å². The van der Waals surface area contributed by atoms with Gasteiger partial charge in [-0.1, -0.05) is 24.3 Å². The number of amides is 2. The predicted octanol–water partition coefficient (Wildman–Crippen LogP) is 2.71. The Balaban J connectivity index is 1.39. The van der Waals surface area contributed by atoms with Crippen molar-refractivity contribution in [2.24, 2.45) is 0 Å². The molecule has 11 heteroatoms. The Morgan fingerprint density at radius 1 is 1.12 bits per heavy atom. The zero-order chi connectivity index (χ0) is 23.9. The molecule has 0 spiro atoms. The van der Waals surface area contributed by atoms with Crippen molar-refractivity contribution in [2.75, 3.05) is 24.1 Å². The van der Waals surface area contributed by atoms with Gasteiger partial charge in [0.25, 0.3) is 11.8 Å². The van der Waals surface area contributed by atoms with Crippen molar-refractivity contribution in [3.8, 4) is 5.75 Å². The highest BCUT2D eigenvalue weighted by Gasteiger charge is 2.16. The summed E-state index contributed by atoms with van der Waals surface area (Å²) in [6, 6.07) is 14.6. The lowest BCUT2D eigenvalue weighted by atomic mass is 10.2. The van der Waals surface area contributed by atoms with Crippen LogP contribution in [0.2, 0.25) is 0 Å². The lowest BCUT2D eigenvalue weighted by Gasteiger charge is -2.08. The van der Waals surface area contributed by atoms with Gasteiger partial charge in [-0.25, -0.2) is 9.97 Å². The lowest BCUT2D eigenvalue weighted by Crippen LogP contribution is -2.25. The van der Waals surface area contributed by atoms with Crippen molar-refractivity contribution < 1.29 is 14.3 Å². The molecule has 0 saturated heterocycles. The maximum absolute atomic E-state index is 12.8. The number of nitrogens with one attached hydrogen (secondary N) is 4. The molecule has 34 heavy (non-hydrogen) atoms. The number of carbonyl (C=O) groups is 2. The zero-order valence-corrected chi connectivity index (χ0v) is 19.1. The molecule has 4 rings (SSSR count). The van der Waals surface area contributed by atoms with Crippen molar-refractivity contribution in [2.45, 2.75) is 11.4 Å². The number of rotatable bonds is 9. The van der Waals surface area contributed by atoms with Crippen LogP contribution in [0, 0.1) is 0 Å². The Labute approximate surface area is 199 Å². The van der Waals surface area contributed by atoms with Crippen molar-refractivity contribution in [1.82, 2.24) is 25.6 Å². The number of aromatic nitrogens is 3. The maximum atomic E-state index is 12.8.